The van der Waals surface area contributed by atoms with Crippen LogP contribution < -0.4 is 0 Å². The Morgan fingerprint density at radius 2 is 2.27 bits per heavy atom. The number of thioether (sulfide) groups is 1. The first-order chi connectivity index (χ1) is 7.17. The summed E-state index contributed by atoms with van der Waals surface area (Å²) >= 11 is 1.43. The Labute approximate surface area is 92.1 Å². The molecule has 0 spiro atoms. The van der Waals surface area contributed by atoms with Crippen molar-refractivity contribution in [3.63, 3.8) is 0 Å². The Hall–Kier alpha value is -1.29. The molecule has 0 N–H and O–H groups in total. The highest BCUT2D eigenvalue weighted by molar-refractivity contribution is 7.98. The highest BCUT2D eigenvalue weighted by Crippen LogP contribution is 2.22. The first-order valence-electron chi connectivity index (χ1n) is 4.27. The molecule has 0 amide bonds. The highest BCUT2D eigenvalue weighted by Gasteiger charge is 2.01. The second-order valence-electron chi connectivity index (χ2n) is 2.74. The average molecular weight is 226 g/mol. The summed E-state index contributed by atoms with van der Waals surface area (Å²) < 4.78 is 17.3. The van der Waals surface area contributed by atoms with Crippen molar-refractivity contribution in [3.05, 3.63) is 35.7 Å². The molecule has 15 heavy (non-hydrogen) atoms. The Balaban J connectivity index is 2.94. The van der Waals surface area contributed by atoms with Crippen molar-refractivity contribution in [2.45, 2.75) is 4.90 Å². The molecule has 0 aliphatic carbocycles. The topological polar surface area (TPSA) is 26.3 Å². The number of ether oxygens (including phenoxy) is 1. The minimum atomic E-state index is -0.425. The van der Waals surface area contributed by atoms with E-state index in [9.17, 15) is 9.18 Å². The second kappa shape index (κ2) is 5.56. The molecule has 1 aromatic rings. The van der Waals surface area contributed by atoms with Crippen LogP contribution in [0.15, 0.2) is 29.2 Å². The fourth-order valence-corrected chi connectivity index (χ4v) is 1.65. The molecule has 0 unspecified atom stereocenters. The van der Waals surface area contributed by atoms with E-state index in [0.29, 0.717) is 0 Å². The van der Waals surface area contributed by atoms with Crippen LogP contribution in [0.5, 0.6) is 0 Å². The number of carbonyl (C=O) groups is 1. The summed E-state index contributed by atoms with van der Waals surface area (Å²) in [7, 11) is 1.31. The lowest BCUT2D eigenvalue weighted by molar-refractivity contribution is -0.134. The van der Waals surface area contributed by atoms with E-state index >= 15 is 0 Å². The molecule has 1 aromatic carbocycles. The molecule has 0 fully saturated rings. The van der Waals surface area contributed by atoms with Crippen molar-refractivity contribution in [1.29, 1.82) is 0 Å². The van der Waals surface area contributed by atoms with Gasteiger partial charge in [0.1, 0.15) is 5.82 Å². The molecular formula is C11H11FO2S. The van der Waals surface area contributed by atoms with Crippen LogP contribution in [0.25, 0.3) is 6.08 Å². The molecule has 0 radical (unpaired) electrons. The van der Waals surface area contributed by atoms with Crippen LogP contribution in [0.3, 0.4) is 0 Å². The van der Waals surface area contributed by atoms with Crippen molar-refractivity contribution >= 4 is 23.8 Å². The van der Waals surface area contributed by atoms with Gasteiger partial charge < -0.3 is 4.74 Å². The third-order valence-electron chi connectivity index (χ3n) is 1.80. The van der Waals surface area contributed by atoms with E-state index in [1.807, 2.05) is 6.26 Å². The molecule has 0 saturated heterocycles. The number of halogens is 1. The number of benzene rings is 1. The predicted molar refractivity (Wildman–Crippen MR) is 59.2 cm³/mol. The fourth-order valence-electron chi connectivity index (χ4n) is 1.05. The monoisotopic (exact) mass is 226 g/mol. The first kappa shape index (κ1) is 11.8. The maximum Gasteiger partial charge on any atom is 0.330 e. The van der Waals surface area contributed by atoms with Crippen molar-refractivity contribution in [2.75, 3.05) is 13.4 Å². The van der Waals surface area contributed by atoms with E-state index in [4.69, 9.17) is 0 Å². The molecule has 0 heterocycles. The molecule has 0 atom stereocenters. The number of carbonyl (C=O) groups excluding carboxylic acids is 1. The van der Waals surface area contributed by atoms with Gasteiger partial charge in [0.05, 0.1) is 7.11 Å². The summed E-state index contributed by atoms with van der Waals surface area (Å²) in [5, 5.41) is 0. The molecular weight excluding hydrogens is 215 g/mol. The average Bonchev–Trinajstić information content (AvgIpc) is 2.26. The van der Waals surface area contributed by atoms with E-state index in [2.05, 4.69) is 4.74 Å². The highest BCUT2D eigenvalue weighted by atomic mass is 32.2. The summed E-state index contributed by atoms with van der Waals surface area (Å²) in [4.78, 5) is 11.6. The zero-order chi connectivity index (χ0) is 11.3. The first-order valence-corrected chi connectivity index (χ1v) is 5.49. The lowest BCUT2D eigenvalue weighted by Gasteiger charge is -2.02. The number of hydrogen-bond acceptors (Lipinski definition) is 3. The molecule has 0 saturated carbocycles. The smallest absolute Gasteiger partial charge is 0.330 e. The molecule has 80 valence electrons. The van der Waals surface area contributed by atoms with Crippen LogP contribution in [0.4, 0.5) is 4.39 Å². The predicted octanol–water partition coefficient (Wildman–Crippen LogP) is 2.73. The molecule has 0 bridgehead atoms. The number of hydrogen-bond donors (Lipinski definition) is 0. The van der Waals surface area contributed by atoms with Gasteiger partial charge in [-0.3, -0.25) is 0 Å². The zero-order valence-corrected chi connectivity index (χ0v) is 9.31. The van der Waals surface area contributed by atoms with Crippen molar-refractivity contribution in [2.24, 2.45) is 0 Å². The quantitative estimate of drug-likeness (QED) is 0.450. The Morgan fingerprint density at radius 1 is 1.53 bits per heavy atom. The van der Waals surface area contributed by atoms with E-state index < -0.39 is 5.97 Å². The maximum atomic E-state index is 12.9. The number of rotatable bonds is 3. The van der Waals surface area contributed by atoms with Gasteiger partial charge in [0.25, 0.3) is 0 Å². The normalized spacial score (nSPS) is 10.6. The third-order valence-corrected chi connectivity index (χ3v) is 2.59. The Kier molecular flexibility index (Phi) is 4.37. The van der Waals surface area contributed by atoms with Gasteiger partial charge in [-0.15, -0.1) is 11.8 Å². The van der Waals surface area contributed by atoms with Gasteiger partial charge in [-0.25, -0.2) is 9.18 Å². The summed E-state index contributed by atoms with van der Waals surface area (Å²) in [5.74, 6) is -0.707. The van der Waals surface area contributed by atoms with Crippen LogP contribution in [-0.2, 0) is 9.53 Å². The van der Waals surface area contributed by atoms with Crippen LogP contribution in [-0.4, -0.2) is 19.3 Å². The minimum absolute atomic E-state index is 0.283. The Morgan fingerprint density at radius 3 is 2.87 bits per heavy atom. The maximum absolute atomic E-state index is 12.9. The number of methoxy groups -OCH3 is 1. The summed E-state index contributed by atoms with van der Waals surface area (Å²) in [6.07, 6.45) is 4.77. The summed E-state index contributed by atoms with van der Waals surface area (Å²) in [6, 6.07) is 4.42. The van der Waals surface area contributed by atoms with Gasteiger partial charge in [-0.1, -0.05) is 6.07 Å². The van der Waals surface area contributed by atoms with Crippen LogP contribution in [0, 0.1) is 5.82 Å². The van der Waals surface area contributed by atoms with E-state index in [1.54, 1.807) is 12.1 Å². The summed E-state index contributed by atoms with van der Waals surface area (Å²) in [5.41, 5.74) is 0.800. The molecule has 2 nitrogen and oxygen atoms in total. The minimum Gasteiger partial charge on any atom is -0.466 e. The zero-order valence-electron chi connectivity index (χ0n) is 8.49. The van der Waals surface area contributed by atoms with Gasteiger partial charge in [0, 0.05) is 11.0 Å². The van der Waals surface area contributed by atoms with Gasteiger partial charge in [-0.05, 0) is 30.0 Å². The van der Waals surface area contributed by atoms with Gasteiger partial charge in [0.2, 0.25) is 0 Å². The van der Waals surface area contributed by atoms with Crippen molar-refractivity contribution in [1.82, 2.24) is 0 Å². The van der Waals surface area contributed by atoms with Crippen LogP contribution >= 0.6 is 11.8 Å². The largest absolute Gasteiger partial charge is 0.466 e. The molecule has 0 aliphatic rings. The lowest BCUT2D eigenvalue weighted by atomic mass is 10.2. The summed E-state index contributed by atoms with van der Waals surface area (Å²) in [6.45, 7) is 0. The molecule has 0 aliphatic heterocycles. The molecule has 0 aromatic heterocycles. The molecule has 4 heteroatoms. The SMILES string of the molecule is COC(=O)/C=C/c1ccc(F)cc1SC. The molecule has 1 rings (SSSR count). The van der Waals surface area contributed by atoms with Gasteiger partial charge in [0.15, 0.2) is 0 Å². The van der Waals surface area contributed by atoms with Gasteiger partial charge >= 0.3 is 5.97 Å². The van der Waals surface area contributed by atoms with E-state index in [0.717, 1.165) is 10.5 Å². The second-order valence-corrected chi connectivity index (χ2v) is 3.59. The van der Waals surface area contributed by atoms with Gasteiger partial charge in [-0.2, -0.15) is 0 Å². The van der Waals surface area contributed by atoms with Crippen molar-refractivity contribution in [3.8, 4) is 0 Å². The van der Waals surface area contributed by atoms with Crippen LogP contribution in [0.2, 0.25) is 0 Å². The van der Waals surface area contributed by atoms with E-state index in [-0.39, 0.29) is 5.82 Å². The standard InChI is InChI=1S/C11H11FO2S/c1-14-11(13)6-4-8-3-5-9(12)7-10(8)15-2/h3-7H,1-2H3/b6-4+. The van der Waals surface area contributed by atoms with Crippen LogP contribution in [0.1, 0.15) is 5.56 Å². The number of esters is 1. The lowest BCUT2D eigenvalue weighted by Crippen LogP contribution is -1.93. The third kappa shape index (κ3) is 3.40. The van der Waals surface area contributed by atoms with E-state index in [1.165, 1.54) is 37.1 Å². The fraction of sp³-hybridized carbons (Fsp3) is 0.182. The van der Waals surface area contributed by atoms with Crippen molar-refractivity contribution < 1.29 is 13.9 Å². The Bertz CT molecular complexity index is 388.